The summed E-state index contributed by atoms with van der Waals surface area (Å²) < 4.78 is 144. The van der Waals surface area contributed by atoms with Crippen molar-refractivity contribution in [3.05, 3.63) is 41.7 Å². The van der Waals surface area contributed by atoms with Gasteiger partial charge >= 0.3 is 33.4 Å². The maximum atomic E-state index is 13.8. The number of hydrogen-bond acceptors (Lipinski definition) is 5. The maximum absolute atomic E-state index is 13.8. The fourth-order valence-electron chi connectivity index (χ4n) is 2.31. The lowest BCUT2D eigenvalue weighted by atomic mass is 10.1. The van der Waals surface area contributed by atoms with Gasteiger partial charge in [0.15, 0.2) is 0 Å². The third-order valence-electron chi connectivity index (χ3n) is 4.13. The van der Waals surface area contributed by atoms with E-state index < -0.39 is 39.1 Å². The predicted molar refractivity (Wildman–Crippen MR) is 92.0 cm³/mol. The van der Waals surface area contributed by atoms with E-state index in [1.54, 1.807) is 26.0 Å². The van der Waals surface area contributed by atoms with Crippen LogP contribution in [-0.4, -0.2) is 41.7 Å². The standard InChI is InChI=1S/C17H13F9N2O3S/c1-3-10-5-4-9(2)13(28-10)12-8-11(6-7-27-12)31-32(29,30)17(25,26)15(20,21)14(18,19)16(22,23)24/h4-8H,3H2,1-2H3. The Hall–Kier alpha value is -2.58. The highest BCUT2D eigenvalue weighted by molar-refractivity contribution is 7.88. The van der Waals surface area contributed by atoms with Gasteiger partial charge in [0.25, 0.3) is 0 Å². The van der Waals surface area contributed by atoms with Crippen LogP contribution in [0.15, 0.2) is 30.5 Å². The first-order chi connectivity index (χ1) is 14.4. The number of aromatic nitrogens is 2. The molecular weight excluding hydrogens is 483 g/mol. The summed E-state index contributed by atoms with van der Waals surface area (Å²) in [5, 5.41) is -6.96. The van der Waals surface area contributed by atoms with Gasteiger partial charge in [-0.1, -0.05) is 13.0 Å². The van der Waals surface area contributed by atoms with Gasteiger partial charge in [-0.15, -0.1) is 0 Å². The van der Waals surface area contributed by atoms with Crippen LogP contribution in [0.2, 0.25) is 0 Å². The quantitative estimate of drug-likeness (QED) is 0.392. The summed E-state index contributed by atoms with van der Waals surface area (Å²) >= 11 is 0. The van der Waals surface area contributed by atoms with Crippen LogP contribution in [0.5, 0.6) is 5.75 Å². The van der Waals surface area contributed by atoms with Crippen LogP contribution in [0.25, 0.3) is 11.4 Å². The van der Waals surface area contributed by atoms with Gasteiger partial charge in [0.05, 0.1) is 11.4 Å². The Bertz CT molecular complexity index is 1100. The van der Waals surface area contributed by atoms with E-state index in [4.69, 9.17) is 0 Å². The molecule has 15 heteroatoms. The van der Waals surface area contributed by atoms with Crippen molar-refractivity contribution >= 4 is 10.1 Å². The molecule has 0 N–H and O–H groups in total. The molecule has 0 fully saturated rings. The zero-order valence-corrected chi connectivity index (χ0v) is 16.8. The predicted octanol–water partition coefficient (Wildman–Crippen LogP) is 5.15. The molecule has 0 bridgehead atoms. The molecule has 32 heavy (non-hydrogen) atoms. The number of alkyl halides is 9. The molecule has 5 nitrogen and oxygen atoms in total. The number of nitrogens with zero attached hydrogens (tertiary/aromatic N) is 2. The molecule has 0 radical (unpaired) electrons. The molecule has 178 valence electrons. The van der Waals surface area contributed by atoms with Crippen LogP contribution in [0.1, 0.15) is 18.2 Å². The summed E-state index contributed by atoms with van der Waals surface area (Å²) in [6.07, 6.45) is -5.90. The molecule has 0 atom stereocenters. The van der Waals surface area contributed by atoms with E-state index >= 15 is 0 Å². The Labute approximate surface area is 175 Å². The van der Waals surface area contributed by atoms with E-state index in [2.05, 4.69) is 14.2 Å². The fourth-order valence-corrected chi connectivity index (χ4v) is 3.22. The molecular formula is C17H13F9N2O3S. The Kier molecular flexibility index (Phi) is 6.49. The van der Waals surface area contributed by atoms with Gasteiger partial charge in [-0.3, -0.25) is 9.97 Å². The van der Waals surface area contributed by atoms with E-state index in [-0.39, 0.29) is 11.4 Å². The minimum absolute atomic E-state index is 0.132. The zero-order valence-electron chi connectivity index (χ0n) is 16.0. The minimum atomic E-state index is -7.39. The second kappa shape index (κ2) is 8.08. The van der Waals surface area contributed by atoms with Gasteiger partial charge in [0, 0.05) is 24.0 Å². The number of aryl methyl sites for hydroxylation is 2. The Balaban J connectivity index is 2.48. The highest BCUT2D eigenvalue weighted by Crippen LogP contribution is 2.55. The van der Waals surface area contributed by atoms with Crippen molar-refractivity contribution in [2.45, 2.75) is 43.5 Å². The van der Waals surface area contributed by atoms with Crippen molar-refractivity contribution in [3.63, 3.8) is 0 Å². The number of halogens is 9. The van der Waals surface area contributed by atoms with Crippen LogP contribution >= 0.6 is 0 Å². The van der Waals surface area contributed by atoms with E-state index in [1.165, 1.54) is 0 Å². The fraction of sp³-hybridized carbons (Fsp3) is 0.412. The highest BCUT2D eigenvalue weighted by atomic mass is 32.2. The zero-order chi connectivity index (χ0) is 24.8. The summed E-state index contributed by atoms with van der Waals surface area (Å²) in [6.45, 7) is 3.31. The summed E-state index contributed by atoms with van der Waals surface area (Å²) in [4.78, 5) is 8.00. The molecule has 0 spiro atoms. The molecule has 0 aliphatic heterocycles. The van der Waals surface area contributed by atoms with Gasteiger partial charge in [0.2, 0.25) is 0 Å². The van der Waals surface area contributed by atoms with Gasteiger partial charge in [-0.2, -0.15) is 47.9 Å². The van der Waals surface area contributed by atoms with Crippen LogP contribution in [0.4, 0.5) is 39.5 Å². The van der Waals surface area contributed by atoms with Gasteiger partial charge < -0.3 is 4.18 Å². The highest BCUT2D eigenvalue weighted by Gasteiger charge is 2.86. The van der Waals surface area contributed by atoms with Crippen molar-refractivity contribution in [1.82, 2.24) is 9.97 Å². The van der Waals surface area contributed by atoms with E-state index in [0.29, 0.717) is 29.8 Å². The molecule has 0 aliphatic rings. The molecule has 0 unspecified atom stereocenters. The number of rotatable bonds is 7. The van der Waals surface area contributed by atoms with E-state index in [0.717, 1.165) is 6.20 Å². The Morgan fingerprint density at radius 3 is 2.06 bits per heavy atom. The monoisotopic (exact) mass is 496 g/mol. The number of hydrogen-bond donors (Lipinski definition) is 0. The van der Waals surface area contributed by atoms with Gasteiger partial charge in [-0.25, -0.2) is 0 Å². The number of pyridine rings is 2. The summed E-state index contributed by atoms with van der Waals surface area (Å²) in [7, 11) is -7.05. The van der Waals surface area contributed by atoms with Crippen molar-refractivity contribution in [3.8, 4) is 17.1 Å². The molecule has 0 saturated heterocycles. The van der Waals surface area contributed by atoms with Crippen LogP contribution < -0.4 is 4.18 Å². The van der Waals surface area contributed by atoms with Crippen molar-refractivity contribution in [1.29, 1.82) is 0 Å². The Morgan fingerprint density at radius 2 is 1.53 bits per heavy atom. The van der Waals surface area contributed by atoms with E-state index in [1.807, 2.05) is 0 Å². The van der Waals surface area contributed by atoms with Crippen LogP contribution in [0.3, 0.4) is 0 Å². The van der Waals surface area contributed by atoms with Crippen LogP contribution in [-0.2, 0) is 16.5 Å². The van der Waals surface area contributed by atoms with Crippen molar-refractivity contribution in [2.24, 2.45) is 0 Å². The van der Waals surface area contributed by atoms with Crippen LogP contribution in [0, 0.1) is 6.92 Å². The summed E-state index contributed by atoms with van der Waals surface area (Å²) in [6, 6.07) is 4.51. The minimum Gasteiger partial charge on any atom is -0.378 e. The third kappa shape index (κ3) is 4.21. The lowest BCUT2D eigenvalue weighted by molar-refractivity contribution is -0.382. The SMILES string of the molecule is CCc1ccc(C)c(-c2cc(OS(=O)(=O)C(F)(F)C(F)(F)C(F)(F)C(F)(F)F)ccn2)n1. The first-order valence-corrected chi connectivity index (χ1v) is 9.87. The second-order valence-electron chi connectivity index (χ2n) is 6.40. The average molecular weight is 496 g/mol. The lowest BCUT2D eigenvalue weighted by Crippen LogP contribution is -2.63. The molecule has 2 rings (SSSR count). The summed E-state index contributed by atoms with van der Waals surface area (Å²) in [5.41, 5.74) is 0.998. The topological polar surface area (TPSA) is 69.2 Å². The third-order valence-corrected chi connectivity index (χ3v) is 5.42. The van der Waals surface area contributed by atoms with E-state index in [9.17, 15) is 47.9 Å². The summed E-state index contributed by atoms with van der Waals surface area (Å²) in [5.74, 6) is -15.9. The van der Waals surface area contributed by atoms with Gasteiger partial charge in [-0.05, 0) is 25.0 Å². The molecule has 0 saturated carbocycles. The Morgan fingerprint density at radius 1 is 0.938 bits per heavy atom. The average Bonchev–Trinajstić information content (AvgIpc) is 2.67. The molecule has 0 amide bonds. The van der Waals surface area contributed by atoms with Gasteiger partial charge in [0.1, 0.15) is 5.75 Å². The maximum Gasteiger partial charge on any atom is 0.460 e. The molecule has 2 heterocycles. The first kappa shape index (κ1) is 25.7. The second-order valence-corrected chi connectivity index (χ2v) is 7.99. The lowest BCUT2D eigenvalue weighted by Gasteiger charge is -2.32. The molecule has 2 aromatic rings. The molecule has 2 aromatic heterocycles. The normalized spacial score (nSPS) is 13.8. The smallest absolute Gasteiger partial charge is 0.378 e. The molecule has 0 aromatic carbocycles. The van der Waals surface area contributed by atoms with Crippen molar-refractivity contribution in [2.75, 3.05) is 0 Å². The largest absolute Gasteiger partial charge is 0.460 e. The first-order valence-electron chi connectivity index (χ1n) is 8.46. The van der Waals surface area contributed by atoms with Crippen molar-refractivity contribution < 1.29 is 52.1 Å². The molecule has 0 aliphatic carbocycles.